The summed E-state index contributed by atoms with van der Waals surface area (Å²) in [5.74, 6) is 0. The van der Waals surface area contributed by atoms with Crippen LogP contribution >= 0.6 is 15.2 Å². The van der Waals surface area contributed by atoms with Gasteiger partial charge in [-0.3, -0.25) is 4.79 Å². The van der Waals surface area contributed by atoms with Crippen LogP contribution < -0.4 is 19.6 Å². The molecular weight excluding hydrogens is 776 g/mol. The van der Waals surface area contributed by atoms with Crippen molar-refractivity contribution < 1.29 is 75.6 Å². The molecule has 0 spiro atoms. The van der Waals surface area contributed by atoms with Gasteiger partial charge in [0, 0.05) is 15.2 Å². The van der Waals surface area contributed by atoms with Crippen LogP contribution in [0, 0.1) is 0 Å². The Morgan fingerprint density at radius 1 is 0.607 bits per heavy atom. The van der Waals surface area contributed by atoms with Crippen molar-refractivity contribution >= 4 is 20.5 Å². The molecule has 0 aromatic heterocycles. The Bertz CT molecular complexity index is 471. The van der Waals surface area contributed by atoms with Crippen molar-refractivity contribution in [2.75, 3.05) is 0 Å². The molecule has 2 aliphatic carbocycles. The largest absolute Gasteiger partial charge is 4.00 e. The summed E-state index contributed by atoms with van der Waals surface area (Å²) >= 11 is 0. The van der Waals surface area contributed by atoms with Crippen molar-refractivity contribution in [2.24, 2.45) is 0 Å². The van der Waals surface area contributed by atoms with Gasteiger partial charge >= 0.3 is 42.1 Å². The van der Waals surface area contributed by atoms with E-state index in [2.05, 4.69) is 0 Å². The summed E-state index contributed by atoms with van der Waals surface area (Å²) in [4.78, 5) is 47.8. The molecule has 0 bridgehead atoms. The van der Waals surface area contributed by atoms with Crippen LogP contribution in [0.2, 0.25) is 0 Å². The van der Waals surface area contributed by atoms with Crippen LogP contribution in [-0.2, 0) is 51.3 Å². The maximum atomic E-state index is 9.71. The Balaban J connectivity index is -0.000000325. The zero-order chi connectivity index (χ0) is 20.5. The Kier molecular flexibility index (Phi) is 19.2. The summed E-state index contributed by atoms with van der Waals surface area (Å²) < 4.78 is 19.1. The van der Waals surface area contributed by atoms with Crippen LogP contribution in [0.1, 0.15) is 51.4 Å². The second-order valence-corrected chi connectivity index (χ2v) is 9.43. The van der Waals surface area contributed by atoms with Crippen molar-refractivity contribution in [3.63, 3.8) is 0 Å². The third-order valence-corrected chi connectivity index (χ3v) is 6.41. The summed E-state index contributed by atoms with van der Waals surface area (Å²) in [5.41, 5.74) is 29.2. The van der Waals surface area contributed by atoms with Crippen LogP contribution in [0.3, 0.4) is 0 Å². The molecule has 11 nitrogen and oxygen atoms in total. The first kappa shape index (κ1) is 33.8. The number of hydrogen-bond donors (Lipinski definition) is 0. The zero-order valence-corrected chi connectivity index (χ0v) is 21.2. The average Bonchev–Trinajstić information content (AvgIpc) is 2.52. The molecule has 0 aromatic rings. The Morgan fingerprint density at radius 3 is 0.857 bits per heavy atom. The van der Waals surface area contributed by atoms with Crippen molar-refractivity contribution in [2.45, 2.75) is 75.5 Å². The molecular formula is C13H24N4O7P2Pt2. The molecule has 2 fully saturated rings. The molecule has 0 amide bonds. The topological polar surface area (TPSA) is 239 Å². The summed E-state index contributed by atoms with van der Waals surface area (Å²) in [6.45, 7) is 0. The van der Waals surface area contributed by atoms with Gasteiger partial charge < -0.3 is 51.6 Å². The molecule has 2 aliphatic rings. The molecule has 0 aromatic carbocycles. The molecule has 28 heavy (non-hydrogen) atoms. The molecule has 0 aliphatic heterocycles. The molecule has 0 radical (unpaired) electrons. The van der Waals surface area contributed by atoms with Crippen molar-refractivity contribution in [1.82, 2.24) is 0 Å². The van der Waals surface area contributed by atoms with E-state index >= 15 is 0 Å². The minimum atomic E-state index is -5.91. The number of rotatable bonds is 2. The van der Waals surface area contributed by atoms with Crippen LogP contribution in [0.15, 0.2) is 0 Å². The minimum absolute atomic E-state index is 0. The maximum Gasteiger partial charge on any atom is 4.00 e. The maximum absolute atomic E-state index is 9.71. The minimum Gasteiger partial charge on any atom is -0.805 e. The van der Waals surface area contributed by atoms with Gasteiger partial charge in [-0.1, -0.05) is 51.4 Å². The standard InChI is InChI=1S/2C6H12N2.CH4O7P2.2Pt/c2*7-5-3-1-2-4-6(5)8;2-1(9(3,4)5)10(6,7)8;;/h2*5-8H,1-4H2;(H2,3,4,5)(H2,6,7,8);;/q2*-2;;2*+4/p-4. The first-order valence-corrected chi connectivity index (χ1v) is 11.3. The summed E-state index contributed by atoms with van der Waals surface area (Å²) in [6.07, 6.45) is 8.49. The Labute approximate surface area is 194 Å². The second-order valence-electron chi connectivity index (χ2n) is 6.27. The fraction of sp³-hybridized carbons (Fsp3) is 0.923. The first-order valence-electron chi connectivity index (χ1n) is 8.20. The quantitative estimate of drug-likeness (QED) is 0.375. The van der Waals surface area contributed by atoms with E-state index in [4.69, 9.17) is 22.9 Å². The SMILES string of the molecule is O=C(P(=O)([O-])[O-])P(=O)([O-])[O-].[NH-]C1CCCCC1[NH-].[NH-]C1CCCCC1[NH-].[Pt+4].[Pt+4]. The normalized spacial score (nSPS) is 27.4. The van der Waals surface area contributed by atoms with Gasteiger partial charge in [0.15, 0.2) is 5.27 Å². The number of carbonyl (C=O) groups excluding carboxylic acids is 1. The number of hydrogen-bond acceptors (Lipinski definition) is 7. The second kappa shape index (κ2) is 15.9. The van der Waals surface area contributed by atoms with Crippen molar-refractivity contribution in [1.29, 1.82) is 0 Å². The first-order chi connectivity index (χ1) is 11.8. The van der Waals surface area contributed by atoms with Gasteiger partial charge in [0.1, 0.15) is 0 Å². The van der Waals surface area contributed by atoms with Gasteiger partial charge in [-0.25, -0.2) is 0 Å². The van der Waals surface area contributed by atoms with Gasteiger partial charge in [0.2, 0.25) is 0 Å². The predicted octanol–water partition coefficient (Wildman–Crippen LogP) is 1.73. The molecule has 4 atom stereocenters. The van der Waals surface area contributed by atoms with Gasteiger partial charge in [0.25, 0.3) is 0 Å². The molecule has 0 saturated heterocycles. The van der Waals surface area contributed by atoms with Crippen LogP contribution in [0.4, 0.5) is 4.79 Å². The Morgan fingerprint density at radius 2 is 0.786 bits per heavy atom. The van der Waals surface area contributed by atoms with E-state index in [-0.39, 0.29) is 66.3 Å². The van der Waals surface area contributed by atoms with Crippen molar-refractivity contribution in [3.05, 3.63) is 22.9 Å². The summed E-state index contributed by atoms with van der Waals surface area (Å²) in [6, 6.07) is -0.319. The Hall–Kier alpha value is 1.19. The van der Waals surface area contributed by atoms with E-state index in [0.717, 1.165) is 25.7 Å². The van der Waals surface area contributed by atoms with E-state index < -0.39 is 20.5 Å². The van der Waals surface area contributed by atoms with Crippen LogP contribution in [0.25, 0.3) is 22.9 Å². The fourth-order valence-electron chi connectivity index (χ4n) is 2.41. The van der Waals surface area contributed by atoms with Gasteiger partial charge in [0.05, 0.1) is 0 Å². The zero-order valence-electron chi connectivity index (χ0n) is 14.9. The van der Waals surface area contributed by atoms with Crippen LogP contribution in [0.5, 0.6) is 0 Å². The molecule has 2 rings (SSSR count). The molecule has 168 valence electrons. The van der Waals surface area contributed by atoms with Gasteiger partial charge in [-0.2, -0.15) is 24.2 Å². The third-order valence-electron chi connectivity index (χ3n) is 4.00. The molecule has 4 N–H and O–H groups in total. The molecule has 15 heteroatoms. The summed E-state index contributed by atoms with van der Waals surface area (Å²) in [7, 11) is -11.8. The van der Waals surface area contributed by atoms with E-state index in [0.29, 0.717) is 0 Å². The van der Waals surface area contributed by atoms with Crippen LogP contribution in [-0.4, -0.2) is 29.4 Å². The monoisotopic (exact) mass is 800 g/mol. The van der Waals surface area contributed by atoms with Gasteiger partial charge in [-0.15, -0.1) is 0 Å². The van der Waals surface area contributed by atoms with Gasteiger partial charge in [-0.05, 0) is 0 Å². The number of carbonyl (C=O) groups is 1. The average molecular weight is 800 g/mol. The van der Waals surface area contributed by atoms with E-state index in [1.54, 1.807) is 0 Å². The van der Waals surface area contributed by atoms with E-state index in [1.165, 1.54) is 25.7 Å². The number of nitrogens with one attached hydrogen (secondary N) is 4. The summed E-state index contributed by atoms with van der Waals surface area (Å²) in [5, 5.41) is -2.79. The van der Waals surface area contributed by atoms with Crippen molar-refractivity contribution in [3.8, 4) is 0 Å². The molecule has 0 heterocycles. The third kappa shape index (κ3) is 15.1. The smallest absolute Gasteiger partial charge is 0.805 e. The molecule has 2 saturated carbocycles. The van der Waals surface area contributed by atoms with E-state index in [9.17, 15) is 33.5 Å². The fourth-order valence-corrected chi connectivity index (χ4v) is 3.61. The van der Waals surface area contributed by atoms with E-state index in [1.807, 2.05) is 0 Å². The molecule has 4 unspecified atom stereocenters. The predicted molar refractivity (Wildman–Crippen MR) is 90.0 cm³/mol.